The second-order valence-electron chi connectivity index (χ2n) is 3.15. The van der Waals surface area contributed by atoms with Crippen LogP contribution in [0.5, 0.6) is 0 Å². The molecule has 0 saturated carbocycles. The van der Waals surface area contributed by atoms with Crippen LogP contribution in [0.4, 0.5) is 5.13 Å². The lowest BCUT2D eigenvalue weighted by molar-refractivity contribution is 1.37. The monoisotopic (exact) mass is 204 g/mol. The van der Waals surface area contributed by atoms with Gasteiger partial charge >= 0.3 is 0 Å². The highest BCUT2D eigenvalue weighted by atomic mass is 32.1. The summed E-state index contributed by atoms with van der Waals surface area (Å²) in [5, 5.41) is 3.99. The zero-order valence-electron chi connectivity index (χ0n) is 8.24. The summed E-state index contributed by atoms with van der Waals surface area (Å²) in [5.74, 6) is 0. The zero-order chi connectivity index (χ0) is 9.97. The first kappa shape index (κ1) is 9.21. The van der Waals surface area contributed by atoms with Gasteiger partial charge in [0, 0.05) is 13.2 Å². The molecule has 0 fully saturated rings. The second-order valence-corrected chi connectivity index (χ2v) is 4.18. The van der Waals surface area contributed by atoms with Crippen LogP contribution in [0.2, 0.25) is 0 Å². The van der Waals surface area contributed by atoms with E-state index in [0.717, 1.165) is 5.13 Å². The van der Waals surface area contributed by atoms with E-state index in [4.69, 9.17) is 0 Å². The number of hydrogen-bond acceptors (Lipinski definition) is 3. The molecule has 1 aromatic heterocycles. The maximum absolute atomic E-state index is 4.24. The predicted molar refractivity (Wildman–Crippen MR) is 61.8 cm³/mol. The van der Waals surface area contributed by atoms with Gasteiger partial charge in [-0.15, -0.1) is 0 Å². The van der Waals surface area contributed by atoms with Crippen LogP contribution in [0.25, 0.3) is 10.4 Å². The van der Waals surface area contributed by atoms with E-state index in [1.165, 1.54) is 16.0 Å². The number of nitrogens with zero attached hydrogens (tertiary/aromatic N) is 1. The van der Waals surface area contributed by atoms with Crippen molar-refractivity contribution >= 4 is 16.5 Å². The molecule has 0 radical (unpaired) electrons. The van der Waals surface area contributed by atoms with Gasteiger partial charge in [-0.25, -0.2) is 4.98 Å². The minimum Gasteiger partial charge on any atom is -0.365 e. The Morgan fingerprint density at radius 2 is 1.93 bits per heavy atom. The van der Waals surface area contributed by atoms with Crippen molar-refractivity contribution < 1.29 is 0 Å². The third kappa shape index (κ3) is 1.77. The quantitative estimate of drug-likeness (QED) is 0.812. The molecule has 0 spiro atoms. The summed E-state index contributed by atoms with van der Waals surface area (Å²) < 4.78 is 0. The van der Waals surface area contributed by atoms with E-state index < -0.39 is 0 Å². The first-order chi connectivity index (χ1) is 6.79. The van der Waals surface area contributed by atoms with Crippen molar-refractivity contribution in [2.45, 2.75) is 6.92 Å². The lowest BCUT2D eigenvalue weighted by atomic mass is 10.1. The van der Waals surface area contributed by atoms with Crippen molar-refractivity contribution in [1.29, 1.82) is 0 Å². The topological polar surface area (TPSA) is 24.9 Å². The molecular weight excluding hydrogens is 192 g/mol. The normalized spacial score (nSPS) is 10.1. The van der Waals surface area contributed by atoms with Crippen LogP contribution >= 0.6 is 11.3 Å². The minimum atomic E-state index is 0.959. The number of aryl methyl sites for hydroxylation is 1. The van der Waals surface area contributed by atoms with Gasteiger partial charge in [-0.05, 0) is 12.5 Å². The molecule has 0 unspecified atom stereocenters. The Morgan fingerprint density at radius 1 is 1.21 bits per heavy atom. The molecule has 0 aliphatic heterocycles. The summed E-state index contributed by atoms with van der Waals surface area (Å²) in [6.45, 7) is 2.09. The van der Waals surface area contributed by atoms with Gasteiger partial charge in [0.2, 0.25) is 0 Å². The van der Waals surface area contributed by atoms with Crippen molar-refractivity contribution in [1.82, 2.24) is 4.98 Å². The minimum absolute atomic E-state index is 0.959. The Labute approximate surface area is 87.6 Å². The Balaban J connectivity index is 2.34. The van der Waals surface area contributed by atoms with E-state index in [1.807, 2.05) is 13.2 Å². The molecular formula is C11H12N2S. The smallest absolute Gasteiger partial charge is 0.182 e. The number of benzene rings is 1. The highest BCUT2D eigenvalue weighted by Crippen LogP contribution is 2.28. The summed E-state index contributed by atoms with van der Waals surface area (Å²) in [6, 6.07) is 8.49. The first-order valence-electron chi connectivity index (χ1n) is 4.50. The molecule has 3 heteroatoms. The van der Waals surface area contributed by atoms with Crippen molar-refractivity contribution in [3.63, 3.8) is 0 Å². The average Bonchev–Trinajstić information content (AvgIpc) is 2.67. The van der Waals surface area contributed by atoms with Crippen LogP contribution in [0.15, 0.2) is 30.5 Å². The summed E-state index contributed by atoms with van der Waals surface area (Å²) in [6.07, 6.45) is 1.90. The van der Waals surface area contributed by atoms with E-state index in [-0.39, 0.29) is 0 Å². The number of anilines is 1. The molecule has 0 saturated heterocycles. The van der Waals surface area contributed by atoms with Crippen LogP contribution < -0.4 is 5.32 Å². The number of rotatable bonds is 2. The molecule has 2 nitrogen and oxygen atoms in total. The zero-order valence-corrected chi connectivity index (χ0v) is 9.06. The molecule has 2 rings (SSSR count). The van der Waals surface area contributed by atoms with Gasteiger partial charge in [-0.2, -0.15) is 0 Å². The van der Waals surface area contributed by atoms with Crippen molar-refractivity contribution in [2.24, 2.45) is 0 Å². The lowest BCUT2D eigenvalue weighted by Gasteiger charge is -1.96. The largest absolute Gasteiger partial charge is 0.365 e. The molecule has 0 aliphatic carbocycles. The molecule has 14 heavy (non-hydrogen) atoms. The van der Waals surface area contributed by atoms with Gasteiger partial charge in [0.15, 0.2) is 5.13 Å². The number of hydrogen-bond donors (Lipinski definition) is 1. The van der Waals surface area contributed by atoms with Crippen LogP contribution in [0.3, 0.4) is 0 Å². The van der Waals surface area contributed by atoms with E-state index in [0.29, 0.717) is 0 Å². The molecule has 1 aromatic carbocycles. The standard InChI is InChI=1S/C11H12N2S/c1-8-3-5-9(6-4-8)10-7-13-11(12-2)14-10/h3-7H,1-2H3,(H,12,13). The molecule has 0 atom stereocenters. The molecule has 1 N–H and O–H groups in total. The fourth-order valence-electron chi connectivity index (χ4n) is 1.24. The molecule has 0 amide bonds. The Morgan fingerprint density at radius 3 is 2.50 bits per heavy atom. The summed E-state index contributed by atoms with van der Waals surface area (Å²) >= 11 is 1.67. The molecule has 72 valence electrons. The van der Waals surface area contributed by atoms with E-state index >= 15 is 0 Å². The Hall–Kier alpha value is -1.35. The van der Waals surface area contributed by atoms with Crippen LogP contribution in [-0.2, 0) is 0 Å². The predicted octanol–water partition coefficient (Wildman–Crippen LogP) is 3.16. The van der Waals surface area contributed by atoms with E-state index in [9.17, 15) is 0 Å². The van der Waals surface area contributed by atoms with Gasteiger partial charge < -0.3 is 5.32 Å². The number of thiazole rings is 1. The first-order valence-corrected chi connectivity index (χ1v) is 5.32. The average molecular weight is 204 g/mol. The Kier molecular flexibility index (Phi) is 2.50. The highest BCUT2D eigenvalue weighted by molar-refractivity contribution is 7.18. The third-order valence-electron chi connectivity index (χ3n) is 2.06. The highest BCUT2D eigenvalue weighted by Gasteiger charge is 2.01. The van der Waals surface area contributed by atoms with Crippen molar-refractivity contribution in [3.05, 3.63) is 36.0 Å². The van der Waals surface area contributed by atoms with Gasteiger partial charge in [-0.1, -0.05) is 41.2 Å². The van der Waals surface area contributed by atoms with E-state index in [2.05, 4.69) is 41.5 Å². The molecule has 2 aromatic rings. The van der Waals surface area contributed by atoms with Gasteiger partial charge in [0.25, 0.3) is 0 Å². The van der Waals surface area contributed by atoms with Crippen LogP contribution in [-0.4, -0.2) is 12.0 Å². The van der Waals surface area contributed by atoms with E-state index in [1.54, 1.807) is 11.3 Å². The molecule has 1 heterocycles. The summed E-state index contributed by atoms with van der Waals surface area (Å²) in [5.41, 5.74) is 2.52. The molecule has 0 aliphatic rings. The van der Waals surface area contributed by atoms with Crippen molar-refractivity contribution in [2.75, 3.05) is 12.4 Å². The third-order valence-corrected chi connectivity index (χ3v) is 3.12. The van der Waals surface area contributed by atoms with Gasteiger partial charge in [0.05, 0.1) is 4.88 Å². The Bertz CT molecular complexity index is 417. The second kappa shape index (κ2) is 3.80. The lowest BCUT2D eigenvalue weighted by Crippen LogP contribution is -1.83. The van der Waals surface area contributed by atoms with Gasteiger partial charge in [-0.3, -0.25) is 0 Å². The molecule has 0 bridgehead atoms. The summed E-state index contributed by atoms with van der Waals surface area (Å²) in [7, 11) is 1.89. The number of nitrogens with one attached hydrogen (secondary N) is 1. The maximum atomic E-state index is 4.24. The SMILES string of the molecule is CNc1ncc(-c2ccc(C)cc2)s1. The van der Waals surface area contributed by atoms with Crippen LogP contribution in [0.1, 0.15) is 5.56 Å². The van der Waals surface area contributed by atoms with Crippen molar-refractivity contribution in [3.8, 4) is 10.4 Å². The van der Waals surface area contributed by atoms with Gasteiger partial charge in [0.1, 0.15) is 0 Å². The number of aromatic nitrogens is 1. The maximum Gasteiger partial charge on any atom is 0.182 e. The van der Waals surface area contributed by atoms with Crippen LogP contribution in [0, 0.1) is 6.92 Å². The fraction of sp³-hybridized carbons (Fsp3) is 0.182. The summed E-state index contributed by atoms with van der Waals surface area (Å²) in [4.78, 5) is 5.44. The fourth-order valence-corrected chi connectivity index (χ4v) is 2.02.